The van der Waals surface area contributed by atoms with Crippen LogP contribution in [0.3, 0.4) is 0 Å². The molecule has 0 spiro atoms. The Kier molecular flexibility index (Phi) is 3.87. The van der Waals surface area contributed by atoms with Crippen LogP contribution in [0, 0.1) is 5.82 Å². The van der Waals surface area contributed by atoms with Crippen molar-refractivity contribution in [3.05, 3.63) is 47.3 Å². The van der Waals surface area contributed by atoms with Gasteiger partial charge in [-0.3, -0.25) is 0 Å². The highest BCUT2D eigenvalue weighted by Crippen LogP contribution is 2.19. The van der Waals surface area contributed by atoms with E-state index in [4.69, 9.17) is 11.6 Å². The molecule has 0 bridgehead atoms. The maximum Gasteiger partial charge on any atom is 0.143 e. The van der Waals surface area contributed by atoms with Crippen molar-refractivity contribution in [2.24, 2.45) is 0 Å². The van der Waals surface area contributed by atoms with Crippen LogP contribution in [0.1, 0.15) is 25.6 Å². The molecule has 0 saturated carbocycles. The van der Waals surface area contributed by atoms with Crippen molar-refractivity contribution in [1.82, 2.24) is 9.55 Å². The lowest BCUT2D eigenvalue weighted by Gasteiger charge is -2.13. The van der Waals surface area contributed by atoms with Crippen molar-refractivity contribution in [3.63, 3.8) is 0 Å². The Morgan fingerprint density at radius 1 is 1.44 bits per heavy atom. The van der Waals surface area contributed by atoms with Crippen LogP contribution in [0.5, 0.6) is 0 Å². The molecule has 0 atom stereocenters. The summed E-state index contributed by atoms with van der Waals surface area (Å²) in [4.78, 5) is 4.12. The SMILES string of the molecule is CC(C)n1cncc1CNc1ccc(Cl)c(F)c1. The number of halogens is 2. The Bertz CT molecular complexity index is 537. The molecule has 1 heterocycles. The van der Waals surface area contributed by atoms with Crippen LogP contribution >= 0.6 is 11.6 Å². The summed E-state index contributed by atoms with van der Waals surface area (Å²) in [5.41, 5.74) is 1.76. The van der Waals surface area contributed by atoms with Crippen molar-refractivity contribution in [2.75, 3.05) is 5.32 Å². The van der Waals surface area contributed by atoms with Gasteiger partial charge in [-0.1, -0.05) is 11.6 Å². The van der Waals surface area contributed by atoms with Gasteiger partial charge in [0.2, 0.25) is 0 Å². The number of benzene rings is 1. The summed E-state index contributed by atoms with van der Waals surface area (Å²) in [7, 11) is 0. The van der Waals surface area contributed by atoms with Crippen LogP contribution in [-0.2, 0) is 6.54 Å². The van der Waals surface area contributed by atoms with Crippen LogP contribution in [-0.4, -0.2) is 9.55 Å². The fourth-order valence-electron chi connectivity index (χ4n) is 1.73. The molecular weight excluding hydrogens is 253 g/mol. The van der Waals surface area contributed by atoms with E-state index in [1.807, 2.05) is 0 Å². The predicted molar refractivity (Wildman–Crippen MR) is 71.3 cm³/mol. The smallest absolute Gasteiger partial charge is 0.143 e. The lowest BCUT2D eigenvalue weighted by atomic mass is 10.3. The van der Waals surface area contributed by atoms with Gasteiger partial charge < -0.3 is 9.88 Å². The highest BCUT2D eigenvalue weighted by molar-refractivity contribution is 6.30. The highest BCUT2D eigenvalue weighted by atomic mass is 35.5. The van der Waals surface area contributed by atoms with Gasteiger partial charge in [0.1, 0.15) is 5.82 Å². The van der Waals surface area contributed by atoms with Gasteiger partial charge in [-0.25, -0.2) is 9.37 Å². The van der Waals surface area contributed by atoms with Crippen LogP contribution in [0.4, 0.5) is 10.1 Å². The molecule has 0 radical (unpaired) electrons. The first kappa shape index (κ1) is 12.9. The zero-order chi connectivity index (χ0) is 13.1. The molecule has 0 aliphatic heterocycles. The quantitative estimate of drug-likeness (QED) is 0.911. The second kappa shape index (κ2) is 5.40. The number of rotatable bonds is 4. The molecule has 0 aliphatic rings. The molecule has 0 aliphatic carbocycles. The van der Waals surface area contributed by atoms with Crippen molar-refractivity contribution in [3.8, 4) is 0 Å². The molecular formula is C13H15ClFN3. The summed E-state index contributed by atoms with van der Waals surface area (Å²) >= 11 is 5.63. The first-order valence-electron chi connectivity index (χ1n) is 5.77. The number of aromatic nitrogens is 2. The van der Waals surface area contributed by atoms with Gasteiger partial charge in [-0.15, -0.1) is 0 Å². The van der Waals surface area contributed by atoms with Crippen LogP contribution in [0.2, 0.25) is 5.02 Å². The minimum Gasteiger partial charge on any atom is -0.379 e. The number of nitrogens with one attached hydrogen (secondary N) is 1. The first-order chi connectivity index (χ1) is 8.58. The molecule has 0 amide bonds. The minimum absolute atomic E-state index is 0.132. The Morgan fingerprint density at radius 2 is 2.22 bits per heavy atom. The van der Waals surface area contributed by atoms with Crippen molar-refractivity contribution in [2.45, 2.75) is 26.4 Å². The van der Waals surface area contributed by atoms with Crippen LogP contribution in [0.15, 0.2) is 30.7 Å². The number of hydrogen-bond donors (Lipinski definition) is 1. The van der Waals surface area contributed by atoms with E-state index in [0.717, 1.165) is 5.69 Å². The van der Waals surface area contributed by atoms with E-state index >= 15 is 0 Å². The second-order valence-corrected chi connectivity index (χ2v) is 4.78. The van der Waals surface area contributed by atoms with Gasteiger partial charge in [0.15, 0.2) is 0 Å². The van der Waals surface area contributed by atoms with Crippen LogP contribution < -0.4 is 5.32 Å². The van der Waals surface area contributed by atoms with Gasteiger partial charge in [0.05, 0.1) is 23.6 Å². The maximum absolute atomic E-state index is 13.3. The fourth-order valence-corrected chi connectivity index (χ4v) is 1.85. The van der Waals surface area contributed by atoms with Gasteiger partial charge >= 0.3 is 0 Å². The summed E-state index contributed by atoms with van der Waals surface area (Å²) in [6.45, 7) is 4.78. The molecule has 2 rings (SSSR count). The third-order valence-corrected chi connectivity index (χ3v) is 3.00. The van der Waals surface area contributed by atoms with E-state index in [-0.39, 0.29) is 5.02 Å². The minimum atomic E-state index is -0.418. The van der Waals surface area contributed by atoms with E-state index < -0.39 is 5.82 Å². The van der Waals surface area contributed by atoms with E-state index in [2.05, 4.69) is 28.7 Å². The van der Waals surface area contributed by atoms with Crippen molar-refractivity contribution < 1.29 is 4.39 Å². The molecule has 0 unspecified atom stereocenters. The van der Waals surface area contributed by atoms with Gasteiger partial charge in [-0.05, 0) is 32.0 Å². The highest BCUT2D eigenvalue weighted by Gasteiger charge is 2.06. The molecule has 1 N–H and O–H groups in total. The van der Waals surface area contributed by atoms with Gasteiger partial charge in [0.25, 0.3) is 0 Å². The second-order valence-electron chi connectivity index (χ2n) is 4.37. The Balaban J connectivity index is 2.07. The van der Waals surface area contributed by atoms with Gasteiger partial charge in [0, 0.05) is 17.9 Å². The van der Waals surface area contributed by atoms with Crippen molar-refractivity contribution >= 4 is 17.3 Å². The van der Waals surface area contributed by atoms with Gasteiger partial charge in [-0.2, -0.15) is 0 Å². The molecule has 0 fully saturated rings. The number of anilines is 1. The fraction of sp³-hybridized carbons (Fsp3) is 0.308. The molecule has 1 aromatic carbocycles. The standard InChI is InChI=1S/C13H15ClFN3/c1-9(2)18-8-16-6-11(18)7-17-10-3-4-12(14)13(15)5-10/h3-6,8-9,17H,7H2,1-2H3. The summed E-state index contributed by atoms with van der Waals surface area (Å²) in [6.07, 6.45) is 3.60. The molecule has 5 heteroatoms. The van der Waals surface area contributed by atoms with Crippen LogP contribution in [0.25, 0.3) is 0 Å². The number of hydrogen-bond acceptors (Lipinski definition) is 2. The molecule has 3 nitrogen and oxygen atoms in total. The topological polar surface area (TPSA) is 29.9 Å². The third kappa shape index (κ3) is 2.82. The molecule has 2 aromatic rings. The third-order valence-electron chi connectivity index (χ3n) is 2.70. The number of nitrogens with zero attached hydrogens (tertiary/aromatic N) is 2. The maximum atomic E-state index is 13.3. The normalized spacial score (nSPS) is 10.9. The molecule has 0 saturated heterocycles. The average Bonchev–Trinajstić information content (AvgIpc) is 2.79. The van der Waals surface area contributed by atoms with E-state index in [1.165, 1.54) is 6.07 Å². The summed E-state index contributed by atoms with van der Waals surface area (Å²) < 4.78 is 15.3. The Hall–Kier alpha value is -1.55. The zero-order valence-corrected chi connectivity index (χ0v) is 11.1. The van der Waals surface area contributed by atoms with E-state index in [0.29, 0.717) is 18.3 Å². The Labute approximate surface area is 111 Å². The lowest BCUT2D eigenvalue weighted by molar-refractivity contribution is 0.577. The van der Waals surface area contributed by atoms with E-state index in [9.17, 15) is 4.39 Å². The first-order valence-corrected chi connectivity index (χ1v) is 6.15. The zero-order valence-electron chi connectivity index (χ0n) is 10.3. The molecule has 18 heavy (non-hydrogen) atoms. The van der Waals surface area contributed by atoms with Crippen molar-refractivity contribution in [1.29, 1.82) is 0 Å². The van der Waals surface area contributed by atoms with E-state index in [1.54, 1.807) is 24.7 Å². The predicted octanol–water partition coefficient (Wildman–Crippen LogP) is 3.87. The molecule has 1 aromatic heterocycles. The molecule has 96 valence electrons. The monoisotopic (exact) mass is 267 g/mol. The lowest BCUT2D eigenvalue weighted by Crippen LogP contribution is -2.08. The summed E-state index contributed by atoms with van der Waals surface area (Å²) in [6, 6.07) is 5.03. The largest absolute Gasteiger partial charge is 0.379 e. The summed E-state index contributed by atoms with van der Waals surface area (Å²) in [5.74, 6) is -0.418. The summed E-state index contributed by atoms with van der Waals surface area (Å²) in [5, 5.41) is 3.28. The number of imidazole rings is 1. The Morgan fingerprint density at radius 3 is 2.89 bits per heavy atom. The average molecular weight is 268 g/mol.